The first-order valence-electron chi connectivity index (χ1n) is 14.8. The summed E-state index contributed by atoms with van der Waals surface area (Å²) >= 11 is 16.2. The maximum absolute atomic E-state index is 14.9. The monoisotopic (exact) mass is 719 g/mol. The lowest BCUT2D eigenvalue weighted by molar-refractivity contribution is -0.157. The van der Waals surface area contributed by atoms with Crippen LogP contribution in [0.25, 0.3) is 0 Å². The van der Waals surface area contributed by atoms with Crippen molar-refractivity contribution in [2.75, 3.05) is 11.1 Å². The zero-order valence-electron chi connectivity index (χ0n) is 25.7. The molecule has 2 amide bonds. The molecule has 0 saturated carbocycles. The predicted octanol–water partition coefficient (Wildman–Crippen LogP) is 9.33. The fourth-order valence-corrected chi connectivity index (χ4v) is 8.24. The quantitative estimate of drug-likeness (QED) is 0.219. The number of halogens is 3. The highest BCUT2D eigenvalue weighted by molar-refractivity contribution is 9.10. The normalized spacial score (nSPS) is 22.6. The lowest BCUT2D eigenvalue weighted by Crippen LogP contribution is -2.59. The molecule has 44 heavy (non-hydrogen) atoms. The van der Waals surface area contributed by atoms with Crippen molar-refractivity contribution in [1.82, 2.24) is 4.90 Å². The van der Waals surface area contributed by atoms with E-state index in [9.17, 15) is 13.8 Å². The molecule has 236 valence electrons. The van der Waals surface area contributed by atoms with E-state index < -0.39 is 27.2 Å². The molecule has 3 aromatic carbocycles. The first kappa shape index (κ1) is 34.5. The SMILES string of the molecule is CC(C)C(CS(=N)(=O)C(C)C)N1C(=O)[C@@](C)(CC(=O)Nc2cccc(Br)c2)C[C@H](c2cccc(Cl)c2)[C@H]1c1ccc(Cl)cc1. The molecule has 2 unspecified atom stereocenters. The Morgan fingerprint density at radius 3 is 2.27 bits per heavy atom. The molecule has 5 atom stereocenters. The molecule has 4 rings (SSSR count). The Labute approximate surface area is 280 Å². The fourth-order valence-electron chi connectivity index (χ4n) is 6.08. The van der Waals surface area contributed by atoms with Gasteiger partial charge < -0.3 is 10.2 Å². The molecule has 6 nitrogen and oxygen atoms in total. The standard InChI is InChI=1S/C34H40BrCl2N3O3S/c1-21(2)30(20-44(38,43)22(3)4)40-32(23-12-14-26(36)15-13-23)29(24-8-6-10-27(37)16-24)18-34(5,33(40)42)19-31(41)39-28-11-7-9-25(35)17-28/h6-17,21-22,29-30,32,38H,18-20H2,1-5H3,(H,39,41)/t29-,30?,32-,34-,44?/m1/s1. The third-order valence-corrected chi connectivity index (χ3v) is 11.9. The van der Waals surface area contributed by atoms with Crippen LogP contribution >= 0.6 is 39.1 Å². The van der Waals surface area contributed by atoms with Crippen LogP contribution in [-0.2, 0) is 19.3 Å². The van der Waals surface area contributed by atoms with Gasteiger partial charge in [0.1, 0.15) is 0 Å². The summed E-state index contributed by atoms with van der Waals surface area (Å²) in [6.07, 6.45) is 0.331. The Hall–Kier alpha value is -2.39. The van der Waals surface area contributed by atoms with Gasteiger partial charge in [0.2, 0.25) is 11.8 Å². The van der Waals surface area contributed by atoms with E-state index in [0.29, 0.717) is 22.2 Å². The molecule has 0 spiro atoms. The van der Waals surface area contributed by atoms with Gasteiger partial charge in [0.05, 0.1) is 17.2 Å². The average Bonchev–Trinajstić information content (AvgIpc) is 2.93. The highest BCUT2D eigenvalue weighted by Crippen LogP contribution is 2.52. The van der Waals surface area contributed by atoms with Crippen LogP contribution in [0.15, 0.2) is 77.3 Å². The number of nitrogens with one attached hydrogen (secondary N) is 2. The second kappa shape index (κ2) is 13.9. The molecule has 1 fully saturated rings. The Balaban J connectivity index is 1.88. The molecule has 2 N–H and O–H groups in total. The summed E-state index contributed by atoms with van der Waals surface area (Å²) in [7, 11) is -3.04. The number of nitrogens with zero attached hydrogens (tertiary/aromatic N) is 1. The molecule has 0 aromatic heterocycles. The first-order valence-corrected chi connectivity index (χ1v) is 18.1. The molecule has 3 aromatic rings. The third-order valence-electron chi connectivity index (χ3n) is 8.56. The van der Waals surface area contributed by atoms with Crippen LogP contribution in [0.3, 0.4) is 0 Å². The van der Waals surface area contributed by atoms with E-state index in [1.54, 1.807) is 32.0 Å². The van der Waals surface area contributed by atoms with Crippen molar-refractivity contribution >= 4 is 66.4 Å². The summed E-state index contributed by atoms with van der Waals surface area (Å²) in [5.74, 6) is -0.810. The maximum Gasteiger partial charge on any atom is 0.229 e. The van der Waals surface area contributed by atoms with Crippen LogP contribution in [0.2, 0.25) is 10.0 Å². The second-order valence-electron chi connectivity index (χ2n) is 12.6. The van der Waals surface area contributed by atoms with Gasteiger partial charge in [0.15, 0.2) is 0 Å². The molecule has 10 heteroatoms. The molecule has 0 aliphatic carbocycles. The smallest absolute Gasteiger partial charge is 0.229 e. The van der Waals surface area contributed by atoms with Crippen LogP contribution in [0.5, 0.6) is 0 Å². The second-order valence-corrected chi connectivity index (χ2v) is 17.1. The first-order chi connectivity index (χ1) is 20.6. The number of likely N-dealkylation sites (tertiary alicyclic amines) is 1. The number of rotatable bonds is 10. The highest BCUT2D eigenvalue weighted by atomic mass is 79.9. The summed E-state index contributed by atoms with van der Waals surface area (Å²) in [6.45, 7) is 9.40. The van der Waals surface area contributed by atoms with Crippen molar-refractivity contribution in [3.8, 4) is 0 Å². The molecule has 1 saturated heterocycles. The number of carbonyl (C=O) groups is 2. The van der Waals surface area contributed by atoms with Crippen molar-refractivity contribution in [2.45, 2.75) is 70.7 Å². The number of amides is 2. The van der Waals surface area contributed by atoms with E-state index in [1.807, 2.05) is 80.3 Å². The van der Waals surface area contributed by atoms with Crippen molar-refractivity contribution in [1.29, 1.82) is 4.78 Å². The minimum atomic E-state index is -3.04. The van der Waals surface area contributed by atoms with E-state index in [4.69, 9.17) is 28.0 Å². The molecule has 1 aliphatic heterocycles. The number of hydrogen-bond donors (Lipinski definition) is 2. The minimum absolute atomic E-state index is 0.0285. The van der Waals surface area contributed by atoms with Gasteiger partial charge in [0, 0.05) is 53.6 Å². The van der Waals surface area contributed by atoms with Gasteiger partial charge in [-0.2, -0.15) is 0 Å². The van der Waals surface area contributed by atoms with Gasteiger partial charge in [0.25, 0.3) is 0 Å². The van der Waals surface area contributed by atoms with Gasteiger partial charge in [-0.15, -0.1) is 0 Å². The van der Waals surface area contributed by atoms with Crippen molar-refractivity contribution in [2.24, 2.45) is 11.3 Å². The van der Waals surface area contributed by atoms with Crippen LogP contribution in [0, 0.1) is 16.1 Å². The zero-order valence-corrected chi connectivity index (χ0v) is 29.6. The Morgan fingerprint density at radius 2 is 1.68 bits per heavy atom. The van der Waals surface area contributed by atoms with Gasteiger partial charge in [-0.05, 0) is 65.9 Å². The van der Waals surface area contributed by atoms with Crippen LogP contribution in [0.1, 0.15) is 70.5 Å². The minimum Gasteiger partial charge on any atom is -0.330 e. The number of anilines is 1. The van der Waals surface area contributed by atoms with Gasteiger partial charge >= 0.3 is 0 Å². The van der Waals surface area contributed by atoms with Crippen LogP contribution in [-0.4, -0.2) is 38.0 Å². The largest absolute Gasteiger partial charge is 0.330 e. The number of hydrogen-bond acceptors (Lipinski definition) is 4. The van der Waals surface area contributed by atoms with Gasteiger partial charge in [-0.25, -0.2) is 4.21 Å². The molecule has 0 bridgehead atoms. The summed E-state index contributed by atoms with van der Waals surface area (Å²) in [5.41, 5.74) is 1.34. The molecule has 0 radical (unpaired) electrons. The van der Waals surface area contributed by atoms with Crippen molar-refractivity contribution in [3.05, 3.63) is 98.4 Å². The molecular formula is C34H40BrCl2N3O3S. The van der Waals surface area contributed by atoms with E-state index in [2.05, 4.69) is 21.2 Å². The van der Waals surface area contributed by atoms with Crippen molar-refractivity contribution < 1.29 is 13.8 Å². The van der Waals surface area contributed by atoms with Crippen LogP contribution < -0.4 is 5.32 Å². The number of carbonyl (C=O) groups excluding carboxylic acids is 2. The third kappa shape index (κ3) is 7.87. The number of piperidine rings is 1. The van der Waals surface area contributed by atoms with E-state index >= 15 is 0 Å². The summed E-state index contributed by atoms with van der Waals surface area (Å²) in [6, 6.07) is 21.4. The highest BCUT2D eigenvalue weighted by Gasteiger charge is 2.53. The van der Waals surface area contributed by atoms with E-state index in [0.717, 1.165) is 15.6 Å². The van der Waals surface area contributed by atoms with Gasteiger partial charge in [-0.1, -0.05) is 104 Å². The van der Waals surface area contributed by atoms with E-state index in [-0.39, 0.29) is 41.1 Å². The predicted molar refractivity (Wildman–Crippen MR) is 185 cm³/mol. The maximum atomic E-state index is 14.9. The zero-order chi connectivity index (χ0) is 32.4. The Bertz CT molecular complexity index is 1610. The van der Waals surface area contributed by atoms with Crippen molar-refractivity contribution in [3.63, 3.8) is 0 Å². The number of benzene rings is 3. The molecule has 1 heterocycles. The molecule has 1 aliphatic rings. The van der Waals surface area contributed by atoms with Gasteiger partial charge in [-0.3, -0.25) is 14.4 Å². The topological polar surface area (TPSA) is 90.3 Å². The van der Waals surface area contributed by atoms with E-state index in [1.165, 1.54) is 0 Å². The average molecular weight is 722 g/mol. The lowest BCUT2D eigenvalue weighted by atomic mass is 9.66. The van der Waals surface area contributed by atoms with Crippen LogP contribution in [0.4, 0.5) is 5.69 Å². The lowest BCUT2D eigenvalue weighted by Gasteiger charge is -2.53. The summed E-state index contributed by atoms with van der Waals surface area (Å²) in [4.78, 5) is 30.3. The molecular weight excluding hydrogens is 681 g/mol. The fraction of sp³-hybridized carbons (Fsp3) is 0.412. The Morgan fingerprint density at radius 1 is 1.02 bits per heavy atom. The Kier molecular flexibility index (Phi) is 10.9. The summed E-state index contributed by atoms with van der Waals surface area (Å²) < 4.78 is 23.2. The summed E-state index contributed by atoms with van der Waals surface area (Å²) in [5, 5.41) is 3.72.